The van der Waals surface area contributed by atoms with Crippen molar-refractivity contribution in [3.8, 4) is 0 Å². The molecule has 0 aromatic heterocycles. The van der Waals surface area contributed by atoms with Crippen molar-refractivity contribution >= 4 is 5.97 Å². The number of rotatable bonds is 5. The summed E-state index contributed by atoms with van der Waals surface area (Å²) in [4.78, 5) is 11.0. The Morgan fingerprint density at radius 1 is 1.41 bits per heavy atom. The highest BCUT2D eigenvalue weighted by Gasteiger charge is 2.49. The molecule has 0 aromatic rings. The molecule has 2 heteroatoms. The molecule has 0 aromatic carbocycles. The molecular weight excluding hydrogens is 332 g/mol. The first-order chi connectivity index (χ1) is 12.7. The van der Waals surface area contributed by atoms with Crippen molar-refractivity contribution in [1.29, 1.82) is 0 Å². The van der Waals surface area contributed by atoms with Crippen molar-refractivity contribution < 1.29 is 9.90 Å². The van der Waals surface area contributed by atoms with Gasteiger partial charge in [-0.25, -0.2) is 4.79 Å². The molecule has 0 spiro atoms. The lowest BCUT2D eigenvalue weighted by molar-refractivity contribution is -0.132. The van der Waals surface area contributed by atoms with E-state index in [1.165, 1.54) is 44.1 Å². The van der Waals surface area contributed by atoms with Crippen molar-refractivity contribution in [2.24, 2.45) is 35.0 Å². The van der Waals surface area contributed by atoms with Crippen molar-refractivity contribution in [2.45, 2.75) is 79.1 Å². The molecule has 27 heavy (non-hydrogen) atoms. The van der Waals surface area contributed by atoms with Crippen molar-refractivity contribution in [2.75, 3.05) is 0 Å². The van der Waals surface area contributed by atoms with Gasteiger partial charge in [-0.05, 0) is 100 Å². The first-order valence-corrected chi connectivity index (χ1v) is 11.0. The lowest BCUT2D eigenvalue weighted by Gasteiger charge is -2.41. The molecular formula is C25H38O2. The molecule has 0 bridgehead atoms. The second-order valence-electron chi connectivity index (χ2n) is 10.0. The van der Waals surface area contributed by atoms with Crippen molar-refractivity contribution in [3.63, 3.8) is 0 Å². The molecule has 3 aliphatic rings. The van der Waals surface area contributed by atoms with Crippen LogP contribution in [0.3, 0.4) is 0 Å². The molecule has 0 aliphatic heterocycles. The van der Waals surface area contributed by atoms with Gasteiger partial charge in [-0.2, -0.15) is 0 Å². The fourth-order valence-corrected chi connectivity index (χ4v) is 6.47. The Hall–Kier alpha value is -1.31. The van der Waals surface area contributed by atoms with Gasteiger partial charge in [0.15, 0.2) is 0 Å². The Bertz CT molecular complexity index is 655. The number of hydrogen-bond acceptors (Lipinski definition) is 1. The van der Waals surface area contributed by atoms with E-state index >= 15 is 0 Å². The highest BCUT2D eigenvalue weighted by molar-refractivity contribution is 5.85. The molecule has 0 heterocycles. The highest BCUT2D eigenvalue weighted by atomic mass is 16.4. The van der Waals surface area contributed by atoms with Gasteiger partial charge in [0.05, 0.1) is 0 Å². The summed E-state index contributed by atoms with van der Waals surface area (Å²) in [6, 6.07) is 0. The summed E-state index contributed by atoms with van der Waals surface area (Å²) in [5, 5.41) is 9.04. The zero-order valence-electron chi connectivity index (χ0n) is 17.8. The van der Waals surface area contributed by atoms with Crippen LogP contribution >= 0.6 is 0 Å². The highest BCUT2D eigenvalue weighted by Crippen LogP contribution is 2.59. The Kier molecular flexibility index (Phi) is 6.03. The normalized spacial score (nSPS) is 39.8. The lowest BCUT2D eigenvalue weighted by Crippen LogP contribution is -2.32. The largest absolute Gasteiger partial charge is 0.478 e. The van der Waals surface area contributed by atoms with Crippen LogP contribution in [0.5, 0.6) is 0 Å². The SMILES string of the molecule is C=C1CC[C@H]2/C(C)=C\C[C@@H]3[C@@H]([C@@H](C)CC/C=C(\C)C(=O)O)CC[C@@]3(C)C[C@H]12. The number of hydrogen-bond donors (Lipinski definition) is 1. The number of aliphatic carboxylic acids is 1. The van der Waals surface area contributed by atoms with E-state index in [1.807, 2.05) is 6.08 Å². The Balaban J connectivity index is 1.72. The Labute approximate surface area is 165 Å². The molecule has 150 valence electrons. The van der Waals surface area contributed by atoms with Gasteiger partial charge in [-0.15, -0.1) is 0 Å². The van der Waals surface area contributed by atoms with E-state index < -0.39 is 5.97 Å². The number of carbonyl (C=O) groups is 1. The molecule has 0 radical (unpaired) electrons. The van der Waals surface area contributed by atoms with Gasteiger partial charge in [0.2, 0.25) is 0 Å². The zero-order chi connectivity index (χ0) is 19.8. The number of carboxylic acids is 1. The predicted octanol–water partition coefficient (Wildman–Crippen LogP) is 6.79. The van der Waals surface area contributed by atoms with E-state index in [1.54, 1.807) is 12.5 Å². The van der Waals surface area contributed by atoms with E-state index in [-0.39, 0.29) is 0 Å². The molecule has 0 amide bonds. The first kappa shape index (κ1) is 20.4. The smallest absolute Gasteiger partial charge is 0.330 e. The van der Waals surface area contributed by atoms with E-state index in [4.69, 9.17) is 5.11 Å². The van der Waals surface area contributed by atoms with E-state index in [0.717, 1.165) is 30.6 Å². The third-order valence-corrected chi connectivity index (χ3v) is 8.35. The van der Waals surface area contributed by atoms with Crippen LogP contribution in [0.15, 0.2) is 35.5 Å². The van der Waals surface area contributed by atoms with Crippen LogP contribution < -0.4 is 0 Å². The molecule has 0 unspecified atom stereocenters. The van der Waals surface area contributed by atoms with Gasteiger partial charge in [0, 0.05) is 5.57 Å². The maximum atomic E-state index is 11.0. The quantitative estimate of drug-likeness (QED) is 0.427. The number of fused-ring (bicyclic) bond motifs is 2. The van der Waals surface area contributed by atoms with Crippen LogP contribution in [0.1, 0.15) is 79.1 Å². The van der Waals surface area contributed by atoms with E-state index in [9.17, 15) is 4.79 Å². The van der Waals surface area contributed by atoms with Crippen LogP contribution in [-0.4, -0.2) is 11.1 Å². The molecule has 2 fully saturated rings. The Morgan fingerprint density at radius 3 is 2.85 bits per heavy atom. The molecule has 3 rings (SSSR count). The van der Waals surface area contributed by atoms with Crippen molar-refractivity contribution in [3.05, 3.63) is 35.5 Å². The topological polar surface area (TPSA) is 37.3 Å². The fourth-order valence-electron chi connectivity index (χ4n) is 6.47. The third kappa shape index (κ3) is 4.10. The Morgan fingerprint density at radius 2 is 2.15 bits per heavy atom. The fraction of sp³-hybridized carbons (Fsp3) is 0.720. The van der Waals surface area contributed by atoms with Crippen LogP contribution in [0.4, 0.5) is 0 Å². The summed E-state index contributed by atoms with van der Waals surface area (Å²) in [7, 11) is 0. The average Bonchev–Trinajstić information content (AvgIpc) is 3.12. The summed E-state index contributed by atoms with van der Waals surface area (Å²) in [6.07, 6.45) is 14.2. The van der Waals surface area contributed by atoms with Gasteiger partial charge < -0.3 is 5.11 Å². The van der Waals surface area contributed by atoms with Crippen LogP contribution in [-0.2, 0) is 4.79 Å². The van der Waals surface area contributed by atoms with Crippen molar-refractivity contribution in [1.82, 2.24) is 0 Å². The lowest BCUT2D eigenvalue weighted by atomic mass is 9.64. The second kappa shape index (κ2) is 7.97. The predicted molar refractivity (Wildman–Crippen MR) is 112 cm³/mol. The molecule has 6 atom stereocenters. The molecule has 0 saturated heterocycles. The molecule has 2 saturated carbocycles. The van der Waals surface area contributed by atoms with Crippen LogP contribution in [0, 0.1) is 35.0 Å². The van der Waals surface area contributed by atoms with E-state index in [0.29, 0.717) is 22.8 Å². The van der Waals surface area contributed by atoms with Crippen LogP contribution in [0.25, 0.3) is 0 Å². The molecule has 3 aliphatic carbocycles. The minimum Gasteiger partial charge on any atom is -0.478 e. The maximum absolute atomic E-state index is 11.0. The average molecular weight is 371 g/mol. The maximum Gasteiger partial charge on any atom is 0.330 e. The van der Waals surface area contributed by atoms with Gasteiger partial charge in [-0.3, -0.25) is 0 Å². The first-order valence-electron chi connectivity index (χ1n) is 11.0. The summed E-state index contributed by atoms with van der Waals surface area (Å²) < 4.78 is 0. The second-order valence-corrected chi connectivity index (χ2v) is 10.0. The van der Waals surface area contributed by atoms with Gasteiger partial charge in [0.1, 0.15) is 0 Å². The third-order valence-electron chi connectivity index (χ3n) is 8.35. The standard InChI is InChI=1S/C25H38O2/c1-16(7-6-8-19(4)24(26)27)21-13-14-25(5)15-22-18(3)9-11-20(22)17(2)10-12-23(21)25/h8,10,16,20-23H,3,6-7,9,11-15H2,1-2,4-5H3,(H,26,27)/b17-10-,19-8+/t16-,20-,21+,22+,23+,25-/m0/s1. The van der Waals surface area contributed by atoms with E-state index in [2.05, 4.69) is 33.4 Å². The zero-order valence-corrected chi connectivity index (χ0v) is 17.8. The van der Waals surface area contributed by atoms with Crippen LogP contribution in [0.2, 0.25) is 0 Å². The number of carboxylic acid groups (broad SMARTS) is 1. The molecule has 2 nitrogen and oxygen atoms in total. The summed E-state index contributed by atoms with van der Waals surface area (Å²) in [5.74, 6) is 2.85. The number of allylic oxidation sites excluding steroid dienone is 4. The monoisotopic (exact) mass is 370 g/mol. The van der Waals surface area contributed by atoms with Gasteiger partial charge >= 0.3 is 5.97 Å². The minimum absolute atomic E-state index is 0.444. The molecule has 1 N–H and O–H groups in total. The van der Waals surface area contributed by atoms with Gasteiger partial charge in [-0.1, -0.05) is 43.7 Å². The minimum atomic E-state index is -0.789. The summed E-state index contributed by atoms with van der Waals surface area (Å²) >= 11 is 0. The summed E-state index contributed by atoms with van der Waals surface area (Å²) in [5.41, 5.74) is 4.03. The summed E-state index contributed by atoms with van der Waals surface area (Å²) in [6.45, 7) is 13.4. The van der Waals surface area contributed by atoms with Gasteiger partial charge in [0.25, 0.3) is 0 Å².